The Balaban J connectivity index is 1.74. The molecule has 1 fully saturated rings. The van der Waals surface area contributed by atoms with E-state index in [1.54, 1.807) is 6.07 Å². The molecule has 0 aromatic carbocycles. The van der Waals surface area contributed by atoms with E-state index < -0.39 is 0 Å². The molecule has 1 atom stereocenters. The molecule has 0 saturated carbocycles. The van der Waals surface area contributed by atoms with Crippen molar-refractivity contribution in [1.29, 1.82) is 0 Å². The first-order valence-corrected chi connectivity index (χ1v) is 9.31. The Morgan fingerprint density at radius 3 is 2.86 bits per heavy atom. The number of thioether (sulfide) groups is 1. The largest absolute Gasteiger partial charge is 0.489 e. The molecule has 116 valence electrons. The van der Waals surface area contributed by atoms with Crippen LogP contribution in [-0.2, 0) is 6.42 Å². The second-order valence-corrected chi connectivity index (χ2v) is 7.51. The number of pyridine rings is 1. The Hall–Kier alpha value is -1.40. The zero-order chi connectivity index (χ0) is 15.5. The molecule has 2 aromatic heterocycles. The first-order valence-electron chi connectivity index (χ1n) is 7.27. The van der Waals surface area contributed by atoms with Gasteiger partial charge in [-0.3, -0.25) is 4.79 Å². The minimum atomic E-state index is -0.0105. The van der Waals surface area contributed by atoms with Crippen LogP contribution in [0.25, 0.3) is 0 Å². The highest BCUT2D eigenvalue weighted by atomic mass is 32.2. The number of carbonyl (C=O) groups excluding carboxylic acids is 1. The summed E-state index contributed by atoms with van der Waals surface area (Å²) in [4.78, 5) is 21.1. The van der Waals surface area contributed by atoms with Crippen LogP contribution in [-0.4, -0.2) is 33.4 Å². The van der Waals surface area contributed by atoms with E-state index in [4.69, 9.17) is 4.74 Å². The van der Waals surface area contributed by atoms with E-state index >= 15 is 0 Å². The Labute approximate surface area is 138 Å². The third kappa shape index (κ3) is 3.87. The topological polar surface area (TPSA) is 52.1 Å². The molecule has 0 amide bonds. The summed E-state index contributed by atoms with van der Waals surface area (Å²) in [6, 6.07) is 3.66. The van der Waals surface area contributed by atoms with Gasteiger partial charge in [-0.25, -0.2) is 9.97 Å². The number of carbonyl (C=O) groups is 1. The van der Waals surface area contributed by atoms with Gasteiger partial charge in [-0.2, -0.15) is 11.8 Å². The highest BCUT2D eigenvalue weighted by Gasteiger charge is 2.19. The van der Waals surface area contributed by atoms with Gasteiger partial charge in [0.05, 0.1) is 6.42 Å². The third-order valence-electron chi connectivity index (χ3n) is 3.38. The van der Waals surface area contributed by atoms with E-state index in [0.717, 1.165) is 40.1 Å². The van der Waals surface area contributed by atoms with Crippen LogP contribution in [0.1, 0.15) is 33.3 Å². The van der Waals surface area contributed by atoms with Crippen molar-refractivity contribution in [3.05, 3.63) is 39.6 Å². The van der Waals surface area contributed by atoms with E-state index in [2.05, 4.69) is 9.97 Å². The van der Waals surface area contributed by atoms with E-state index in [0.29, 0.717) is 12.1 Å². The SMILES string of the molecule is Cc1cc(OC2CCSC2)cc(C(=O)Cc2nc(C)cs2)n1. The number of Topliss-reactive ketones (excluding diaryl/α,β-unsaturated/α-hetero) is 1. The number of aromatic nitrogens is 2. The fourth-order valence-corrected chi connectivity index (χ4v) is 4.22. The first kappa shape index (κ1) is 15.5. The van der Waals surface area contributed by atoms with Gasteiger partial charge in [0.1, 0.15) is 22.6 Å². The van der Waals surface area contributed by atoms with Crippen molar-refractivity contribution in [3.8, 4) is 5.75 Å². The van der Waals surface area contributed by atoms with Crippen molar-refractivity contribution in [3.63, 3.8) is 0 Å². The monoisotopic (exact) mass is 334 g/mol. The molecule has 1 aliphatic heterocycles. The first-order chi connectivity index (χ1) is 10.6. The summed E-state index contributed by atoms with van der Waals surface area (Å²) in [6.45, 7) is 3.82. The number of hydrogen-bond donors (Lipinski definition) is 0. The number of rotatable bonds is 5. The number of hydrogen-bond acceptors (Lipinski definition) is 6. The van der Waals surface area contributed by atoms with Crippen LogP contribution >= 0.6 is 23.1 Å². The molecule has 3 heterocycles. The lowest BCUT2D eigenvalue weighted by Crippen LogP contribution is -2.16. The molecule has 0 spiro atoms. The maximum atomic E-state index is 12.4. The van der Waals surface area contributed by atoms with Gasteiger partial charge in [0, 0.05) is 34.7 Å². The maximum Gasteiger partial charge on any atom is 0.188 e. The van der Waals surface area contributed by atoms with Crippen LogP contribution in [0.2, 0.25) is 0 Å². The second kappa shape index (κ2) is 6.79. The molecule has 6 heteroatoms. The van der Waals surface area contributed by atoms with Gasteiger partial charge in [0.25, 0.3) is 0 Å². The zero-order valence-corrected chi connectivity index (χ0v) is 14.3. The average Bonchev–Trinajstić information content (AvgIpc) is 3.10. The van der Waals surface area contributed by atoms with Crippen molar-refractivity contribution in [2.45, 2.75) is 32.8 Å². The molecular weight excluding hydrogens is 316 g/mol. The summed E-state index contributed by atoms with van der Waals surface area (Å²) < 4.78 is 5.98. The number of nitrogens with zero attached hydrogens (tertiary/aromatic N) is 2. The van der Waals surface area contributed by atoms with Crippen LogP contribution in [0.3, 0.4) is 0 Å². The van der Waals surface area contributed by atoms with Crippen LogP contribution in [0.15, 0.2) is 17.5 Å². The molecule has 4 nitrogen and oxygen atoms in total. The second-order valence-electron chi connectivity index (χ2n) is 5.42. The predicted molar refractivity (Wildman–Crippen MR) is 90.2 cm³/mol. The van der Waals surface area contributed by atoms with Crippen molar-refractivity contribution in [2.24, 2.45) is 0 Å². The lowest BCUT2D eigenvalue weighted by molar-refractivity contribution is 0.0987. The molecule has 3 rings (SSSR count). The minimum absolute atomic E-state index is 0.0105. The zero-order valence-electron chi connectivity index (χ0n) is 12.7. The normalized spacial score (nSPS) is 17.6. The molecule has 2 aromatic rings. The van der Waals surface area contributed by atoms with E-state index in [-0.39, 0.29) is 11.9 Å². The summed E-state index contributed by atoms with van der Waals surface area (Å²) in [6.07, 6.45) is 1.61. The minimum Gasteiger partial charge on any atom is -0.489 e. The van der Waals surface area contributed by atoms with Gasteiger partial charge in [-0.1, -0.05) is 0 Å². The molecule has 0 N–H and O–H groups in total. The van der Waals surface area contributed by atoms with Gasteiger partial charge >= 0.3 is 0 Å². The fourth-order valence-electron chi connectivity index (χ4n) is 2.36. The number of ketones is 1. The summed E-state index contributed by atoms with van der Waals surface area (Å²) in [5.74, 6) is 2.90. The number of thiazole rings is 1. The van der Waals surface area contributed by atoms with E-state index in [1.807, 2.05) is 37.1 Å². The Morgan fingerprint density at radius 1 is 1.32 bits per heavy atom. The molecule has 1 saturated heterocycles. The molecule has 1 unspecified atom stereocenters. The van der Waals surface area contributed by atoms with Crippen LogP contribution in [0.5, 0.6) is 5.75 Å². The predicted octanol–water partition coefficient (Wildman–Crippen LogP) is 3.46. The Kier molecular flexibility index (Phi) is 4.78. The van der Waals surface area contributed by atoms with Crippen molar-refractivity contribution in [1.82, 2.24) is 9.97 Å². The summed E-state index contributed by atoms with van der Waals surface area (Å²) >= 11 is 3.42. The molecule has 1 aliphatic rings. The van der Waals surface area contributed by atoms with Crippen LogP contribution < -0.4 is 4.74 Å². The van der Waals surface area contributed by atoms with Crippen molar-refractivity contribution in [2.75, 3.05) is 11.5 Å². The smallest absolute Gasteiger partial charge is 0.188 e. The molecular formula is C16H18N2O2S2. The van der Waals surface area contributed by atoms with E-state index in [1.165, 1.54) is 11.3 Å². The Bertz CT molecular complexity index is 679. The lowest BCUT2D eigenvalue weighted by Gasteiger charge is -2.13. The number of aryl methyl sites for hydroxylation is 2. The highest BCUT2D eigenvalue weighted by molar-refractivity contribution is 7.99. The van der Waals surface area contributed by atoms with Gasteiger partial charge in [0.2, 0.25) is 0 Å². The molecule has 0 bridgehead atoms. The van der Waals surface area contributed by atoms with Gasteiger partial charge in [-0.15, -0.1) is 11.3 Å². The quantitative estimate of drug-likeness (QED) is 0.784. The third-order valence-corrected chi connectivity index (χ3v) is 5.48. The standard InChI is InChI=1S/C16H18N2O2S2/c1-10-5-13(20-12-3-4-21-9-12)6-14(17-10)15(19)7-16-18-11(2)8-22-16/h5-6,8,12H,3-4,7,9H2,1-2H3. The summed E-state index contributed by atoms with van der Waals surface area (Å²) in [5.41, 5.74) is 2.23. The summed E-state index contributed by atoms with van der Waals surface area (Å²) in [7, 11) is 0. The Morgan fingerprint density at radius 2 is 2.18 bits per heavy atom. The van der Waals surface area contributed by atoms with Gasteiger partial charge < -0.3 is 4.74 Å². The molecule has 0 radical (unpaired) electrons. The summed E-state index contributed by atoms with van der Waals surface area (Å²) in [5, 5.41) is 2.79. The van der Waals surface area contributed by atoms with Crippen molar-refractivity contribution >= 4 is 28.9 Å². The van der Waals surface area contributed by atoms with E-state index in [9.17, 15) is 4.79 Å². The van der Waals surface area contributed by atoms with Crippen molar-refractivity contribution < 1.29 is 9.53 Å². The fraction of sp³-hybridized carbons (Fsp3) is 0.438. The molecule has 22 heavy (non-hydrogen) atoms. The van der Waals surface area contributed by atoms with Crippen LogP contribution in [0.4, 0.5) is 0 Å². The molecule has 0 aliphatic carbocycles. The maximum absolute atomic E-state index is 12.4. The highest BCUT2D eigenvalue weighted by Crippen LogP contribution is 2.24. The van der Waals surface area contributed by atoms with Gasteiger partial charge in [-0.05, 0) is 26.0 Å². The van der Waals surface area contributed by atoms with Gasteiger partial charge in [0.15, 0.2) is 5.78 Å². The lowest BCUT2D eigenvalue weighted by atomic mass is 10.2. The average molecular weight is 334 g/mol. The number of ether oxygens (including phenoxy) is 1. The van der Waals surface area contributed by atoms with Crippen LogP contribution in [0, 0.1) is 13.8 Å².